The molecule has 17 nitrogen and oxygen atoms in total. The smallest absolute Gasteiger partial charge is 0.326 e. The van der Waals surface area contributed by atoms with Crippen molar-refractivity contribution in [3.8, 4) is 0 Å². The molecule has 0 unspecified atom stereocenters. The van der Waals surface area contributed by atoms with Gasteiger partial charge in [0.1, 0.15) is 17.4 Å². The predicted octanol–water partition coefficient (Wildman–Crippen LogP) is 0.292. The van der Waals surface area contributed by atoms with Gasteiger partial charge in [0.15, 0.2) is 17.2 Å². The van der Waals surface area contributed by atoms with Gasteiger partial charge < -0.3 is 47.4 Å². The number of aliphatic carboxylic acids is 1. The lowest BCUT2D eigenvalue weighted by Crippen LogP contribution is -2.59. The number of rotatable bonds is 21. The highest BCUT2D eigenvalue weighted by Gasteiger charge is 2.29. The summed E-state index contributed by atoms with van der Waals surface area (Å²) in [5.74, 6) is -3.86. The number of amides is 4. The van der Waals surface area contributed by atoms with Crippen LogP contribution in [0.15, 0.2) is 12.7 Å². The normalized spacial score (nSPS) is 13.6. The number of carbonyl (C=O) groups is 6. The zero-order chi connectivity index (χ0) is 36.8. The fraction of sp³-hybridized carbons (Fsp3) is 0.625. The number of quaternary nitrogens is 1. The van der Waals surface area contributed by atoms with Crippen LogP contribution in [0.25, 0.3) is 0 Å². The number of hydrogen-bond acceptors (Lipinski definition) is 9. The molecule has 2 heterocycles. The first-order valence-electron chi connectivity index (χ1n) is 16.6. The number of aromatic nitrogens is 4. The number of imidazole rings is 2. The molecule has 4 amide bonds. The second-order valence-corrected chi connectivity index (χ2v) is 13.5. The Labute approximate surface area is 298 Å². The molecule has 0 fully saturated rings. The van der Waals surface area contributed by atoms with E-state index in [4.69, 9.17) is 0 Å². The summed E-state index contributed by atoms with van der Waals surface area (Å²) < 4.78 is 0. The summed E-state index contributed by atoms with van der Waals surface area (Å²) in [7, 11) is 0. The number of carbonyl (C=O) groups excluding carboxylic acids is 5. The third-order valence-corrected chi connectivity index (χ3v) is 7.47. The predicted molar refractivity (Wildman–Crippen MR) is 187 cm³/mol. The topological polar surface area (TPSA) is 268 Å². The molecule has 2 aromatic rings. The molecule has 0 aliphatic heterocycles. The number of aromatic amines is 2. The minimum absolute atomic E-state index is 0. The second kappa shape index (κ2) is 21.0. The molecule has 0 saturated heterocycles. The Balaban J connectivity index is 0.0000125. The lowest BCUT2D eigenvalue weighted by molar-refractivity contribution is -0.371. The first kappa shape index (κ1) is 43.7. The number of hydrogen-bond donors (Lipinski definition) is 9. The largest absolute Gasteiger partial charge is 0.480 e. The summed E-state index contributed by atoms with van der Waals surface area (Å²) in [6, 6.07) is -2.70. The minimum atomic E-state index is -1.19. The number of nitrogens with zero attached hydrogens (tertiary/aromatic N) is 2. The molecule has 50 heavy (non-hydrogen) atoms. The van der Waals surface area contributed by atoms with E-state index in [9.17, 15) is 33.9 Å². The molecule has 280 valence electrons. The Morgan fingerprint density at radius 1 is 0.700 bits per heavy atom. The number of ketones is 1. The molecule has 11 N–H and O–H groups in total. The van der Waals surface area contributed by atoms with Gasteiger partial charge in [0.25, 0.3) is 23.6 Å². The number of carboxylic acids is 1. The maximum absolute atomic E-state index is 13.3. The van der Waals surface area contributed by atoms with E-state index in [1.807, 2.05) is 41.5 Å². The summed E-state index contributed by atoms with van der Waals surface area (Å²) in [5.41, 5.74) is 3.24. The summed E-state index contributed by atoms with van der Waals surface area (Å²) in [5, 5.41) is 23.3. The zero-order valence-electron chi connectivity index (χ0n) is 29.8. The van der Waals surface area contributed by atoms with Crippen molar-refractivity contribution in [1.29, 1.82) is 0 Å². The summed E-state index contributed by atoms with van der Waals surface area (Å²) in [6.07, 6.45) is 3.49. The SMILES string of the molecule is CC(C)C[C@@H](CNCC(=O)[C@H](CC(C)C)NC(=O)c1[nH]cnc1C(=O)N[C@@H](C)C[NH3+])NC(=O)c1nc[nH]c1C(=O)N[C@@H](CC(C)C)C(=O)O.Cl. The zero-order valence-corrected chi connectivity index (χ0v) is 30.7. The quantitative estimate of drug-likeness (QED) is 0.0849. The van der Waals surface area contributed by atoms with E-state index in [-0.39, 0.29) is 84.3 Å². The van der Waals surface area contributed by atoms with E-state index in [0.717, 1.165) is 0 Å². The lowest BCUT2D eigenvalue weighted by Gasteiger charge is -2.23. The molecule has 0 saturated carbocycles. The van der Waals surface area contributed by atoms with Crippen LogP contribution in [0, 0.1) is 17.8 Å². The van der Waals surface area contributed by atoms with Gasteiger partial charge in [-0.2, -0.15) is 0 Å². The van der Waals surface area contributed by atoms with Crippen molar-refractivity contribution in [3.05, 3.63) is 35.4 Å². The lowest BCUT2D eigenvalue weighted by atomic mass is 9.99. The molecule has 2 aromatic heterocycles. The monoisotopic (exact) mass is 725 g/mol. The van der Waals surface area contributed by atoms with Crippen molar-refractivity contribution < 1.29 is 39.6 Å². The Morgan fingerprint density at radius 3 is 1.62 bits per heavy atom. The number of halogens is 1. The van der Waals surface area contributed by atoms with Gasteiger partial charge in [0.05, 0.1) is 37.8 Å². The Hall–Kier alpha value is -4.35. The van der Waals surface area contributed by atoms with E-state index in [1.165, 1.54) is 12.7 Å². The van der Waals surface area contributed by atoms with Gasteiger partial charge in [-0.1, -0.05) is 41.5 Å². The third kappa shape index (κ3) is 13.9. The minimum Gasteiger partial charge on any atom is -0.480 e. The van der Waals surface area contributed by atoms with Crippen LogP contribution >= 0.6 is 12.4 Å². The average Bonchev–Trinajstić information content (AvgIpc) is 3.70. The van der Waals surface area contributed by atoms with Gasteiger partial charge in [-0.15, -0.1) is 12.4 Å². The number of Topliss-reactive ketones (excluding diaryl/α,β-unsaturated/α-hetero) is 1. The van der Waals surface area contributed by atoms with Gasteiger partial charge in [-0.3, -0.25) is 24.0 Å². The molecule has 0 aliphatic carbocycles. The maximum Gasteiger partial charge on any atom is 0.326 e. The van der Waals surface area contributed by atoms with Gasteiger partial charge in [0.2, 0.25) is 0 Å². The van der Waals surface area contributed by atoms with Crippen LogP contribution in [0.1, 0.15) is 110 Å². The van der Waals surface area contributed by atoms with Crippen LogP contribution in [0.4, 0.5) is 0 Å². The van der Waals surface area contributed by atoms with Crippen molar-refractivity contribution in [2.45, 2.75) is 91.9 Å². The summed E-state index contributed by atoms with van der Waals surface area (Å²) >= 11 is 0. The van der Waals surface area contributed by atoms with Gasteiger partial charge in [-0.25, -0.2) is 14.8 Å². The Bertz CT molecular complexity index is 1440. The van der Waals surface area contributed by atoms with Crippen molar-refractivity contribution in [3.63, 3.8) is 0 Å². The number of carboxylic acid groups (broad SMARTS) is 1. The van der Waals surface area contributed by atoms with Gasteiger partial charge in [0, 0.05) is 12.6 Å². The van der Waals surface area contributed by atoms with Gasteiger partial charge in [-0.05, 0) is 43.9 Å². The van der Waals surface area contributed by atoms with Gasteiger partial charge >= 0.3 is 5.97 Å². The molecular formula is C32H54ClN10O7+. The third-order valence-electron chi connectivity index (χ3n) is 7.47. The molecule has 4 atom stereocenters. The van der Waals surface area contributed by atoms with Crippen LogP contribution in [-0.4, -0.2) is 104 Å². The van der Waals surface area contributed by atoms with E-state index >= 15 is 0 Å². The maximum atomic E-state index is 13.3. The molecule has 2 rings (SSSR count). The van der Waals surface area contributed by atoms with Crippen LogP contribution in [0.3, 0.4) is 0 Å². The first-order chi connectivity index (χ1) is 23.0. The molecule has 0 aromatic carbocycles. The molecule has 0 spiro atoms. The van der Waals surface area contributed by atoms with Crippen LogP contribution < -0.4 is 32.3 Å². The molecule has 18 heteroatoms. The molecular weight excluding hydrogens is 672 g/mol. The Kier molecular flexibility index (Phi) is 18.3. The fourth-order valence-electron chi connectivity index (χ4n) is 5.05. The second-order valence-electron chi connectivity index (χ2n) is 13.5. The average molecular weight is 726 g/mol. The molecule has 0 aliphatic rings. The van der Waals surface area contributed by atoms with E-state index in [2.05, 4.69) is 52.3 Å². The summed E-state index contributed by atoms with van der Waals surface area (Å²) in [4.78, 5) is 90.3. The van der Waals surface area contributed by atoms with Crippen molar-refractivity contribution >= 4 is 47.8 Å². The molecule has 0 radical (unpaired) electrons. The summed E-state index contributed by atoms with van der Waals surface area (Å²) in [6.45, 7) is 13.7. The highest BCUT2D eigenvalue weighted by atomic mass is 35.5. The van der Waals surface area contributed by atoms with Crippen molar-refractivity contribution in [2.24, 2.45) is 17.8 Å². The van der Waals surface area contributed by atoms with Crippen LogP contribution in [0.5, 0.6) is 0 Å². The first-order valence-corrected chi connectivity index (χ1v) is 16.6. The highest BCUT2D eigenvalue weighted by Crippen LogP contribution is 2.12. The van der Waals surface area contributed by atoms with Crippen molar-refractivity contribution in [1.82, 2.24) is 46.5 Å². The standard InChI is InChI=1S/C32H52N10O7.ClH/c1-16(2)8-20(40-29(45)25-27(38-15-36-25)31(47)42-22(32(48)49)10-18(5)6)12-34-13-23(43)21(9-17(3)4)41-30(46)26-24(35-14-37-26)28(44)39-19(7)11-33;/h14-22,34H,8-13,33H2,1-7H3,(H,35,37)(H,36,38)(H,39,44)(H,40,45)(H,41,46)(H,42,47)(H,48,49);1H/p+1/t19-,20-,21-,22-;/m0./s1. The van der Waals surface area contributed by atoms with E-state index in [1.54, 1.807) is 6.92 Å². The van der Waals surface area contributed by atoms with Crippen LogP contribution in [0.2, 0.25) is 0 Å². The number of H-pyrrole nitrogens is 2. The van der Waals surface area contributed by atoms with Crippen LogP contribution in [-0.2, 0) is 9.59 Å². The highest BCUT2D eigenvalue weighted by molar-refractivity contribution is 6.06. The Morgan fingerprint density at radius 2 is 1.16 bits per heavy atom. The van der Waals surface area contributed by atoms with E-state index in [0.29, 0.717) is 19.4 Å². The number of nitrogens with one attached hydrogen (secondary N) is 7. The molecule has 0 bridgehead atoms. The van der Waals surface area contributed by atoms with Crippen molar-refractivity contribution in [2.75, 3.05) is 19.6 Å². The fourth-order valence-corrected chi connectivity index (χ4v) is 5.05. The van der Waals surface area contributed by atoms with E-state index < -0.39 is 47.7 Å².